The van der Waals surface area contributed by atoms with Gasteiger partial charge in [-0.25, -0.2) is 0 Å². The van der Waals surface area contributed by atoms with Gasteiger partial charge in [0.25, 0.3) is 0 Å². The molecule has 2 atom stereocenters. The zero-order valence-corrected chi connectivity index (χ0v) is 13.8. The Morgan fingerprint density at radius 3 is 2.17 bits per heavy atom. The summed E-state index contributed by atoms with van der Waals surface area (Å²) in [6.07, 6.45) is 4.83. The molecule has 1 radical (unpaired) electrons. The Bertz CT molecular complexity index is 551. The Morgan fingerprint density at radius 1 is 0.957 bits per heavy atom. The first-order chi connectivity index (χ1) is 11.3. The van der Waals surface area contributed by atoms with E-state index in [0.29, 0.717) is 19.1 Å². The summed E-state index contributed by atoms with van der Waals surface area (Å²) in [6.45, 7) is 3.45. The van der Waals surface area contributed by atoms with Crippen LogP contribution in [-0.2, 0) is 22.6 Å². The van der Waals surface area contributed by atoms with Crippen LogP contribution < -0.4 is 0 Å². The molecule has 0 bridgehead atoms. The monoisotopic (exact) mass is 309 g/mol. The van der Waals surface area contributed by atoms with Gasteiger partial charge in [0, 0.05) is 12.5 Å². The summed E-state index contributed by atoms with van der Waals surface area (Å²) in [6, 6.07) is 20.5. The summed E-state index contributed by atoms with van der Waals surface area (Å²) in [7, 11) is 0. The first kappa shape index (κ1) is 17.4. The van der Waals surface area contributed by atoms with E-state index in [1.807, 2.05) is 36.4 Å². The van der Waals surface area contributed by atoms with E-state index in [0.717, 1.165) is 19.3 Å². The molecule has 2 unspecified atom stereocenters. The molecule has 0 saturated heterocycles. The molecule has 2 aromatic carbocycles. The van der Waals surface area contributed by atoms with Gasteiger partial charge in [-0.3, -0.25) is 4.79 Å². The van der Waals surface area contributed by atoms with E-state index in [1.165, 1.54) is 11.1 Å². The largest absolute Gasteiger partial charge is 0.376 e. The lowest BCUT2D eigenvalue weighted by molar-refractivity contribution is 0.0863. The van der Waals surface area contributed by atoms with Gasteiger partial charge in [-0.2, -0.15) is 0 Å². The van der Waals surface area contributed by atoms with E-state index in [9.17, 15) is 4.79 Å². The smallest absolute Gasteiger partial charge is 0.201 e. The van der Waals surface area contributed by atoms with Crippen LogP contribution in [0, 0.1) is 11.8 Å². The van der Waals surface area contributed by atoms with Crippen molar-refractivity contribution in [2.24, 2.45) is 11.8 Å². The quantitative estimate of drug-likeness (QED) is 0.642. The topological polar surface area (TPSA) is 26.3 Å². The second-order valence-corrected chi connectivity index (χ2v) is 6.18. The molecule has 2 nitrogen and oxygen atoms in total. The van der Waals surface area contributed by atoms with Crippen molar-refractivity contribution in [3.63, 3.8) is 0 Å². The molecule has 0 saturated carbocycles. The fraction of sp³-hybridized carbons (Fsp3) is 0.381. The Morgan fingerprint density at radius 2 is 1.57 bits per heavy atom. The molecule has 2 heteroatoms. The summed E-state index contributed by atoms with van der Waals surface area (Å²) in [5, 5.41) is 0. The third kappa shape index (κ3) is 6.79. The highest BCUT2D eigenvalue weighted by Gasteiger charge is 2.14. The van der Waals surface area contributed by atoms with Gasteiger partial charge in [0.15, 0.2) is 0 Å². The number of rotatable bonds is 10. The van der Waals surface area contributed by atoms with Crippen LogP contribution in [0.5, 0.6) is 0 Å². The van der Waals surface area contributed by atoms with Crippen molar-refractivity contribution in [3.05, 3.63) is 71.8 Å². The minimum Gasteiger partial charge on any atom is -0.376 e. The summed E-state index contributed by atoms with van der Waals surface area (Å²) in [5.74, 6) is 0.353. The van der Waals surface area contributed by atoms with Gasteiger partial charge in [0.2, 0.25) is 6.29 Å². The lowest BCUT2D eigenvalue weighted by Crippen LogP contribution is -2.13. The molecule has 0 heterocycles. The average Bonchev–Trinajstić information content (AvgIpc) is 2.60. The second kappa shape index (κ2) is 9.96. The SMILES string of the molecule is CC(COCc1ccccc1)CC([C]=O)CCc1ccccc1. The fourth-order valence-electron chi connectivity index (χ4n) is 2.72. The molecule has 0 spiro atoms. The first-order valence-corrected chi connectivity index (χ1v) is 8.31. The van der Waals surface area contributed by atoms with Crippen LogP contribution in [0.3, 0.4) is 0 Å². The van der Waals surface area contributed by atoms with Gasteiger partial charge in [0.1, 0.15) is 0 Å². The van der Waals surface area contributed by atoms with Crippen LogP contribution >= 0.6 is 0 Å². The summed E-state index contributed by atoms with van der Waals surface area (Å²) >= 11 is 0. The van der Waals surface area contributed by atoms with Crippen molar-refractivity contribution < 1.29 is 9.53 Å². The predicted octanol–water partition coefficient (Wildman–Crippen LogP) is 4.59. The van der Waals surface area contributed by atoms with Crippen molar-refractivity contribution in [1.82, 2.24) is 0 Å². The minimum absolute atomic E-state index is 0.00877. The van der Waals surface area contributed by atoms with Crippen LogP contribution in [0.25, 0.3) is 0 Å². The van der Waals surface area contributed by atoms with Crippen molar-refractivity contribution >= 4 is 6.29 Å². The zero-order chi connectivity index (χ0) is 16.3. The standard InChI is InChI=1S/C21H25O2/c1-18(16-23-17-20-10-6-3-7-11-20)14-21(15-22)13-12-19-8-4-2-5-9-19/h2-11,18,21H,12-14,16-17H2,1H3. The van der Waals surface area contributed by atoms with E-state index in [1.54, 1.807) is 0 Å². The van der Waals surface area contributed by atoms with Crippen molar-refractivity contribution in [3.8, 4) is 0 Å². The summed E-state index contributed by atoms with van der Waals surface area (Å²) in [5.41, 5.74) is 2.46. The van der Waals surface area contributed by atoms with E-state index >= 15 is 0 Å². The van der Waals surface area contributed by atoms with Gasteiger partial charge < -0.3 is 4.74 Å². The van der Waals surface area contributed by atoms with Crippen LogP contribution in [0.2, 0.25) is 0 Å². The third-order valence-electron chi connectivity index (χ3n) is 3.99. The highest BCUT2D eigenvalue weighted by molar-refractivity contribution is 5.54. The molecule has 0 aliphatic heterocycles. The normalized spacial score (nSPS) is 13.4. The lowest BCUT2D eigenvalue weighted by atomic mass is 9.92. The molecular weight excluding hydrogens is 284 g/mol. The van der Waals surface area contributed by atoms with Gasteiger partial charge in [-0.1, -0.05) is 67.6 Å². The molecule has 0 N–H and O–H groups in total. The summed E-state index contributed by atoms with van der Waals surface area (Å²) in [4.78, 5) is 11.2. The number of hydrogen-bond donors (Lipinski definition) is 0. The Labute approximate surface area is 139 Å². The number of ether oxygens (including phenoxy) is 1. The van der Waals surface area contributed by atoms with Crippen molar-refractivity contribution in [1.29, 1.82) is 0 Å². The number of aryl methyl sites for hydroxylation is 1. The first-order valence-electron chi connectivity index (χ1n) is 8.31. The molecule has 2 aromatic rings. The molecule has 23 heavy (non-hydrogen) atoms. The molecule has 2 rings (SSSR count). The Hall–Kier alpha value is -1.93. The fourth-order valence-corrected chi connectivity index (χ4v) is 2.72. The van der Waals surface area contributed by atoms with Gasteiger partial charge >= 0.3 is 0 Å². The molecule has 0 aliphatic carbocycles. The molecule has 0 amide bonds. The maximum atomic E-state index is 11.2. The maximum absolute atomic E-state index is 11.2. The van der Waals surface area contributed by atoms with Gasteiger partial charge in [-0.15, -0.1) is 0 Å². The Balaban J connectivity index is 1.67. The molecule has 0 aliphatic rings. The predicted molar refractivity (Wildman–Crippen MR) is 93.8 cm³/mol. The molecule has 0 aromatic heterocycles. The van der Waals surface area contributed by atoms with E-state index < -0.39 is 0 Å². The second-order valence-electron chi connectivity index (χ2n) is 6.18. The lowest BCUT2D eigenvalue weighted by Gasteiger charge is -2.16. The maximum Gasteiger partial charge on any atom is 0.201 e. The van der Waals surface area contributed by atoms with E-state index in [4.69, 9.17) is 4.74 Å². The van der Waals surface area contributed by atoms with Gasteiger partial charge in [-0.05, 0) is 36.3 Å². The highest BCUT2D eigenvalue weighted by atomic mass is 16.5. The summed E-state index contributed by atoms with van der Waals surface area (Å²) < 4.78 is 5.76. The van der Waals surface area contributed by atoms with E-state index in [-0.39, 0.29) is 5.92 Å². The number of benzene rings is 2. The van der Waals surface area contributed by atoms with E-state index in [2.05, 4.69) is 37.5 Å². The zero-order valence-electron chi connectivity index (χ0n) is 13.8. The van der Waals surface area contributed by atoms with Crippen LogP contribution in [-0.4, -0.2) is 12.9 Å². The molecular formula is C21H25O2. The van der Waals surface area contributed by atoms with Gasteiger partial charge in [0.05, 0.1) is 6.61 Å². The molecule has 0 fully saturated rings. The Kier molecular flexibility index (Phi) is 7.55. The third-order valence-corrected chi connectivity index (χ3v) is 3.99. The number of carbonyl (C=O) groups excluding carboxylic acids is 1. The van der Waals surface area contributed by atoms with Crippen molar-refractivity contribution in [2.45, 2.75) is 32.8 Å². The number of hydrogen-bond acceptors (Lipinski definition) is 2. The molecule has 121 valence electrons. The van der Waals surface area contributed by atoms with Crippen LogP contribution in [0.15, 0.2) is 60.7 Å². The highest BCUT2D eigenvalue weighted by Crippen LogP contribution is 2.17. The average molecular weight is 309 g/mol. The van der Waals surface area contributed by atoms with Crippen LogP contribution in [0.1, 0.15) is 30.9 Å². The van der Waals surface area contributed by atoms with Crippen LogP contribution in [0.4, 0.5) is 0 Å². The minimum atomic E-state index is -0.00877. The van der Waals surface area contributed by atoms with Crippen molar-refractivity contribution in [2.75, 3.05) is 6.61 Å².